The van der Waals surface area contributed by atoms with Crippen molar-refractivity contribution in [1.29, 1.82) is 0 Å². The first-order valence-electron chi connectivity index (χ1n) is 10.3. The van der Waals surface area contributed by atoms with Crippen LogP contribution in [0, 0.1) is 6.92 Å². The molecule has 2 aromatic carbocycles. The lowest BCUT2D eigenvalue weighted by atomic mass is 9.91. The Morgan fingerprint density at radius 2 is 1.97 bits per heavy atom. The van der Waals surface area contributed by atoms with Gasteiger partial charge in [-0.1, -0.05) is 30.3 Å². The highest BCUT2D eigenvalue weighted by molar-refractivity contribution is 5.85. The van der Waals surface area contributed by atoms with Crippen molar-refractivity contribution in [2.45, 2.75) is 32.5 Å². The Labute approximate surface area is 175 Å². The van der Waals surface area contributed by atoms with Crippen LogP contribution in [0.2, 0.25) is 0 Å². The molecule has 1 aliphatic heterocycles. The molecule has 2 aromatic heterocycles. The zero-order valence-electron chi connectivity index (χ0n) is 17.3. The summed E-state index contributed by atoms with van der Waals surface area (Å²) < 4.78 is 11.3. The summed E-state index contributed by atoms with van der Waals surface area (Å²) in [6.07, 6.45) is 0.985. The second-order valence-corrected chi connectivity index (χ2v) is 7.94. The molecule has 0 aliphatic carbocycles. The number of benzene rings is 2. The lowest BCUT2D eigenvalue weighted by Crippen LogP contribution is -2.35. The summed E-state index contributed by atoms with van der Waals surface area (Å²) in [7, 11) is 1.71. The normalized spacial score (nSPS) is 16.7. The minimum absolute atomic E-state index is 0.0761. The van der Waals surface area contributed by atoms with Crippen LogP contribution in [0.25, 0.3) is 10.9 Å². The maximum atomic E-state index is 9.35. The predicted molar refractivity (Wildman–Crippen MR) is 117 cm³/mol. The van der Waals surface area contributed by atoms with Crippen LogP contribution in [0.3, 0.4) is 0 Å². The van der Waals surface area contributed by atoms with Gasteiger partial charge in [-0.15, -0.1) is 0 Å². The van der Waals surface area contributed by atoms with Crippen molar-refractivity contribution in [2.24, 2.45) is 0 Å². The fraction of sp³-hybridized carbons (Fsp3) is 0.280. The van der Waals surface area contributed by atoms with Gasteiger partial charge in [0.25, 0.3) is 0 Å². The number of rotatable bonds is 5. The molecule has 5 rings (SSSR count). The van der Waals surface area contributed by atoms with Gasteiger partial charge in [0.1, 0.15) is 23.9 Å². The van der Waals surface area contributed by atoms with E-state index in [1.165, 1.54) is 27.7 Å². The lowest BCUT2D eigenvalue weighted by molar-refractivity contribution is 0.179. The number of aliphatic hydroxyl groups is 1. The molecular weight excluding hydrogens is 376 g/mol. The Bertz CT molecular complexity index is 1190. The van der Waals surface area contributed by atoms with E-state index in [9.17, 15) is 5.11 Å². The minimum atomic E-state index is -0.0761. The SMILES string of the molecule is COc1ccc([C@@H]2c3[nH]c4ccccc4c3CCN2Cc2ccc(CO)o2)cc1C. The Morgan fingerprint density at radius 1 is 1.13 bits per heavy atom. The number of hydrogen-bond acceptors (Lipinski definition) is 4. The monoisotopic (exact) mass is 402 g/mol. The van der Waals surface area contributed by atoms with E-state index in [0.29, 0.717) is 12.3 Å². The summed E-state index contributed by atoms with van der Waals surface area (Å²) in [5.74, 6) is 2.37. The fourth-order valence-electron chi connectivity index (χ4n) is 4.70. The molecule has 0 amide bonds. The van der Waals surface area contributed by atoms with E-state index in [2.05, 4.69) is 59.3 Å². The maximum Gasteiger partial charge on any atom is 0.129 e. The van der Waals surface area contributed by atoms with Crippen molar-refractivity contribution in [3.63, 3.8) is 0 Å². The van der Waals surface area contributed by atoms with Crippen molar-refractivity contribution in [1.82, 2.24) is 9.88 Å². The summed E-state index contributed by atoms with van der Waals surface area (Å²) in [5.41, 5.74) is 6.19. The first-order chi connectivity index (χ1) is 14.7. The Hall–Kier alpha value is -3.02. The molecule has 4 aromatic rings. The molecule has 1 aliphatic rings. The first-order valence-corrected chi connectivity index (χ1v) is 10.3. The molecule has 0 unspecified atom stereocenters. The molecule has 5 nitrogen and oxygen atoms in total. The standard InChI is InChI=1S/C25H26N2O3/c1-16-13-17(7-10-23(16)29-2)25-24-21(20-5-3-4-6-22(20)26-24)11-12-27(25)14-18-8-9-19(15-28)30-18/h3-10,13,25-26,28H,11-12,14-15H2,1-2H3/t25-/m1/s1. The maximum absolute atomic E-state index is 9.35. The second kappa shape index (κ2) is 7.67. The Kier molecular flexibility index (Phi) is 4.85. The van der Waals surface area contributed by atoms with Gasteiger partial charge in [0.2, 0.25) is 0 Å². The van der Waals surface area contributed by atoms with Crippen molar-refractivity contribution < 1.29 is 14.3 Å². The molecule has 1 atom stereocenters. The molecule has 154 valence electrons. The van der Waals surface area contributed by atoms with Crippen molar-refractivity contribution in [2.75, 3.05) is 13.7 Å². The van der Waals surface area contributed by atoms with Crippen LogP contribution in [0.5, 0.6) is 5.75 Å². The highest BCUT2D eigenvalue weighted by atomic mass is 16.5. The third-order valence-corrected chi connectivity index (χ3v) is 6.10. The number of aryl methyl sites for hydroxylation is 1. The largest absolute Gasteiger partial charge is 0.496 e. The van der Waals surface area contributed by atoms with Gasteiger partial charge in [0.05, 0.1) is 19.7 Å². The zero-order valence-corrected chi connectivity index (χ0v) is 17.3. The molecule has 5 heteroatoms. The van der Waals surface area contributed by atoms with Crippen LogP contribution in [-0.4, -0.2) is 28.6 Å². The van der Waals surface area contributed by atoms with E-state index in [0.717, 1.165) is 30.0 Å². The fourth-order valence-corrected chi connectivity index (χ4v) is 4.70. The Balaban J connectivity index is 1.60. The van der Waals surface area contributed by atoms with Crippen LogP contribution >= 0.6 is 0 Å². The van der Waals surface area contributed by atoms with Crippen LogP contribution in [-0.2, 0) is 19.6 Å². The number of fused-ring (bicyclic) bond motifs is 3. The number of aliphatic hydroxyl groups excluding tert-OH is 1. The average Bonchev–Trinajstić information content (AvgIpc) is 3.37. The summed E-state index contributed by atoms with van der Waals surface area (Å²) in [5, 5.41) is 10.7. The van der Waals surface area contributed by atoms with E-state index >= 15 is 0 Å². The quantitative estimate of drug-likeness (QED) is 0.507. The number of nitrogens with one attached hydrogen (secondary N) is 1. The smallest absolute Gasteiger partial charge is 0.129 e. The molecule has 0 saturated heterocycles. The molecular formula is C25H26N2O3. The third kappa shape index (κ3) is 3.20. The molecule has 0 bridgehead atoms. The number of H-pyrrole nitrogens is 1. The summed E-state index contributed by atoms with van der Waals surface area (Å²) in [6, 6.07) is 18.9. The van der Waals surface area contributed by atoms with E-state index in [-0.39, 0.29) is 12.6 Å². The number of hydrogen-bond donors (Lipinski definition) is 2. The van der Waals surface area contributed by atoms with Crippen LogP contribution in [0.15, 0.2) is 59.0 Å². The van der Waals surface area contributed by atoms with Gasteiger partial charge in [-0.2, -0.15) is 0 Å². The average molecular weight is 402 g/mol. The molecule has 0 radical (unpaired) electrons. The van der Waals surface area contributed by atoms with Gasteiger partial charge in [-0.05, 0) is 54.3 Å². The van der Waals surface area contributed by atoms with E-state index in [4.69, 9.17) is 9.15 Å². The third-order valence-electron chi connectivity index (χ3n) is 6.10. The number of para-hydroxylation sites is 1. The number of nitrogens with zero attached hydrogens (tertiary/aromatic N) is 1. The minimum Gasteiger partial charge on any atom is -0.496 e. The zero-order chi connectivity index (χ0) is 20.7. The molecule has 30 heavy (non-hydrogen) atoms. The summed E-state index contributed by atoms with van der Waals surface area (Å²) in [4.78, 5) is 6.14. The van der Waals surface area contributed by atoms with E-state index in [1.54, 1.807) is 7.11 Å². The summed E-state index contributed by atoms with van der Waals surface area (Å²) in [6.45, 7) is 3.62. The molecule has 0 fully saturated rings. The number of furan rings is 1. The highest BCUT2D eigenvalue weighted by Gasteiger charge is 2.32. The van der Waals surface area contributed by atoms with Crippen LogP contribution in [0.4, 0.5) is 0 Å². The summed E-state index contributed by atoms with van der Waals surface area (Å²) >= 11 is 0. The molecule has 2 N–H and O–H groups in total. The lowest BCUT2D eigenvalue weighted by Gasteiger charge is -2.36. The van der Waals surface area contributed by atoms with Crippen molar-refractivity contribution in [3.8, 4) is 5.75 Å². The molecule has 0 spiro atoms. The van der Waals surface area contributed by atoms with Crippen molar-refractivity contribution >= 4 is 10.9 Å². The van der Waals surface area contributed by atoms with Crippen LogP contribution in [0.1, 0.15) is 39.9 Å². The van der Waals surface area contributed by atoms with Gasteiger partial charge in [0, 0.05) is 23.1 Å². The van der Waals surface area contributed by atoms with Gasteiger partial charge in [0.15, 0.2) is 0 Å². The molecule has 3 heterocycles. The number of methoxy groups -OCH3 is 1. The van der Waals surface area contributed by atoms with Gasteiger partial charge in [-0.3, -0.25) is 4.90 Å². The topological polar surface area (TPSA) is 61.6 Å². The van der Waals surface area contributed by atoms with E-state index in [1.807, 2.05) is 12.1 Å². The Morgan fingerprint density at radius 3 is 2.73 bits per heavy atom. The van der Waals surface area contributed by atoms with Gasteiger partial charge in [-0.25, -0.2) is 0 Å². The predicted octanol–water partition coefficient (Wildman–Crippen LogP) is 4.72. The number of aromatic amines is 1. The molecule has 0 saturated carbocycles. The second-order valence-electron chi connectivity index (χ2n) is 7.94. The van der Waals surface area contributed by atoms with Gasteiger partial charge >= 0.3 is 0 Å². The van der Waals surface area contributed by atoms with Crippen LogP contribution < -0.4 is 4.74 Å². The number of ether oxygens (including phenoxy) is 1. The van der Waals surface area contributed by atoms with E-state index < -0.39 is 0 Å². The van der Waals surface area contributed by atoms with Crippen molar-refractivity contribution in [3.05, 3.63) is 88.5 Å². The van der Waals surface area contributed by atoms with Gasteiger partial charge < -0.3 is 19.2 Å². The first kappa shape index (κ1) is 19.0. The number of aromatic nitrogens is 1. The highest BCUT2D eigenvalue weighted by Crippen LogP contribution is 2.40.